The average molecular weight is 267 g/mol. The summed E-state index contributed by atoms with van der Waals surface area (Å²) in [6.45, 7) is 0. The van der Waals surface area contributed by atoms with Crippen molar-refractivity contribution in [1.82, 2.24) is 9.97 Å². The molecule has 5 nitrogen and oxygen atoms in total. The number of nitrogens with zero attached hydrogens (tertiary/aromatic N) is 2. The lowest BCUT2D eigenvalue weighted by Gasteiger charge is -2.04. The van der Waals surface area contributed by atoms with Crippen LogP contribution in [0.25, 0.3) is 11.3 Å². The zero-order valence-electron chi connectivity index (χ0n) is 9.21. The minimum absolute atomic E-state index is 0.181. The molecule has 0 aliphatic carbocycles. The van der Waals surface area contributed by atoms with Crippen LogP contribution in [-0.2, 0) is 16.5 Å². The predicted octanol–water partition coefficient (Wildman–Crippen LogP) is 0.976. The van der Waals surface area contributed by atoms with Crippen LogP contribution in [0.4, 0.5) is 10.2 Å². The molecule has 7 heteroatoms. The van der Waals surface area contributed by atoms with Crippen molar-refractivity contribution in [2.45, 2.75) is 5.75 Å². The summed E-state index contributed by atoms with van der Waals surface area (Å²) in [5, 5.41) is 0. The van der Waals surface area contributed by atoms with E-state index in [2.05, 4.69) is 9.97 Å². The number of aromatic nitrogens is 2. The van der Waals surface area contributed by atoms with E-state index in [1.807, 2.05) is 0 Å². The second-order valence-electron chi connectivity index (χ2n) is 3.63. The number of nitrogen functional groups attached to an aromatic ring is 1. The zero-order valence-corrected chi connectivity index (χ0v) is 10.1. The molecule has 0 fully saturated rings. The quantitative estimate of drug-likeness (QED) is 0.809. The van der Waals surface area contributed by atoms with Crippen molar-refractivity contribution >= 4 is 16.5 Å². The van der Waals surface area contributed by atoms with Crippen LogP contribution >= 0.6 is 0 Å². The van der Waals surface area contributed by atoms with Crippen LogP contribution in [0.5, 0.6) is 0 Å². The van der Waals surface area contributed by atoms with Crippen molar-refractivity contribution in [2.24, 2.45) is 0 Å². The maximum atomic E-state index is 13.8. The summed E-state index contributed by atoms with van der Waals surface area (Å²) in [6.07, 6.45) is 2.69. The number of nitrogens with two attached hydrogens (primary N) is 1. The van der Waals surface area contributed by atoms with Crippen LogP contribution in [0, 0.1) is 5.82 Å². The second-order valence-corrected chi connectivity index (χ2v) is 4.61. The van der Waals surface area contributed by atoms with Gasteiger partial charge in [0, 0.05) is 5.56 Å². The minimum Gasteiger partial charge on any atom is -0.382 e. The van der Waals surface area contributed by atoms with E-state index < -0.39 is 16.5 Å². The average Bonchev–Trinajstić information content (AvgIpc) is 2.30. The molecule has 0 aliphatic rings. The molecule has 1 aromatic carbocycles. The summed E-state index contributed by atoms with van der Waals surface area (Å²) in [5.74, 6) is -0.470. The lowest BCUT2D eigenvalue weighted by Crippen LogP contribution is -1.95. The van der Waals surface area contributed by atoms with Gasteiger partial charge >= 0.3 is 0 Å². The molecule has 0 bridgehead atoms. The molecule has 18 heavy (non-hydrogen) atoms. The Balaban J connectivity index is 2.38. The maximum Gasteiger partial charge on any atom is 0.144 e. The fourth-order valence-electron chi connectivity index (χ4n) is 1.49. The van der Waals surface area contributed by atoms with Crippen molar-refractivity contribution in [2.75, 3.05) is 5.73 Å². The second kappa shape index (κ2) is 5.09. The third-order valence-electron chi connectivity index (χ3n) is 2.29. The summed E-state index contributed by atoms with van der Waals surface area (Å²) in [7, 11) is -2.57. The van der Waals surface area contributed by atoms with E-state index in [1.54, 1.807) is 6.07 Å². The van der Waals surface area contributed by atoms with Crippen LogP contribution in [0.3, 0.4) is 0 Å². The van der Waals surface area contributed by atoms with Gasteiger partial charge in [-0.2, -0.15) is 0 Å². The normalized spacial score (nSPS) is 10.8. The fourth-order valence-corrected chi connectivity index (χ4v) is 1.99. The van der Waals surface area contributed by atoms with E-state index >= 15 is 0 Å². The van der Waals surface area contributed by atoms with Crippen molar-refractivity contribution in [3.63, 3.8) is 0 Å². The molecular formula is C11H10FN3O2S. The van der Waals surface area contributed by atoms with Gasteiger partial charge in [0.15, 0.2) is 0 Å². The minimum atomic E-state index is -2.57. The Bertz CT molecular complexity index is 633. The van der Waals surface area contributed by atoms with Gasteiger partial charge in [-0.3, -0.25) is 4.98 Å². The van der Waals surface area contributed by atoms with E-state index in [4.69, 9.17) is 5.73 Å². The third kappa shape index (κ3) is 2.80. The molecule has 0 radical (unpaired) electrons. The molecule has 0 atom stereocenters. The van der Waals surface area contributed by atoms with Gasteiger partial charge in [0.05, 0.1) is 23.8 Å². The summed E-state index contributed by atoms with van der Waals surface area (Å²) >= 11 is 0. The SMILES string of the molecule is Nc1cnc(-c2ccc(C[SH](=O)=O)cc2F)cn1. The summed E-state index contributed by atoms with van der Waals surface area (Å²) < 4.78 is 34.9. The number of thiol groups is 1. The molecule has 0 spiro atoms. The van der Waals surface area contributed by atoms with Crippen LogP contribution in [-0.4, -0.2) is 18.4 Å². The molecule has 0 unspecified atom stereocenters. The Morgan fingerprint density at radius 3 is 2.56 bits per heavy atom. The van der Waals surface area contributed by atoms with Crippen LogP contribution < -0.4 is 5.73 Å². The topological polar surface area (TPSA) is 85.9 Å². The van der Waals surface area contributed by atoms with Gasteiger partial charge in [-0.25, -0.2) is 17.8 Å². The Kier molecular flexibility index (Phi) is 3.52. The first-order valence-corrected chi connectivity index (χ1v) is 6.40. The number of anilines is 1. The van der Waals surface area contributed by atoms with Crippen molar-refractivity contribution in [3.05, 3.63) is 42.0 Å². The van der Waals surface area contributed by atoms with Crippen LogP contribution in [0.15, 0.2) is 30.6 Å². The van der Waals surface area contributed by atoms with Gasteiger partial charge in [0.1, 0.15) is 22.3 Å². The van der Waals surface area contributed by atoms with Gasteiger partial charge < -0.3 is 5.73 Å². The van der Waals surface area contributed by atoms with E-state index in [0.717, 1.165) is 0 Å². The highest BCUT2D eigenvalue weighted by Crippen LogP contribution is 2.21. The molecule has 0 aliphatic heterocycles. The Labute approximate surface area is 104 Å². The number of halogens is 1. The molecule has 2 aromatic rings. The highest BCUT2D eigenvalue weighted by molar-refractivity contribution is 7.71. The molecular weight excluding hydrogens is 257 g/mol. The summed E-state index contributed by atoms with van der Waals surface area (Å²) in [5.41, 5.74) is 6.39. The van der Waals surface area contributed by atoms with Crippen molar-refractivity contribution in [3.8, 4) is 11.3 Å². The Morgan fingerprint density at radius 2 is 2.00 bits per heavy atom. The zero-order chi connectivity index (χ0) is 13.1. The first kappa shape index (κ1) is 12.4. The number of hydrogen-bond acceptors (Lipinski definition) is 5. The monoisotopic (exact) mass is 267 g/mol. The van der Waals surface area contributed by atoms with Gasteiger partial charge in [-0.05, 0) is 17.7 Å². The van der Waals surface area contributed by atoms with Gasteiger partial charge in [0.25, 0.3) is 0 Å². The predicted molar refractivity (Wildman–Crippen MR) is 65.9 cm³/mol. The molecule has 2 rings (SSSR count). The van der Waals surface area contributed by atoms with Crippen LogP contribution in [0.1, 0.15) is 5.56 Å². The summed E-state index contributed by atoms with van der Waals surface area (Å²) in [4.78, 5) is 7.77. The number of rotatable bonds is 3. The maximum absolute atomic E-state index is 13.8. The van der Waals surface area contributed by atoms with E-state index in [9.17, 15) is 12.8 Å². The first-order valence-electron chi connectivity index (χ1n) is 5.04. The Morgan fingerprint density at radius 1 is 1.22 bits per heavy atom. The molecule has 1 aromatic heterocycles. The Hall–Kier alpha value is -2.02. The first-order chi connectivity index (χ1) is 8.56. The summed E-state index contributed by atoms with van der Waals surface area (Å²) in [6, 6.07) is 4.20. The van der Waals surface area contributed by atoms with E-state index in [0.29, 0.717) is 11.3 Å². The molecule has 1 heterocycles. The smallest absolute Gasteiger partial charge is 0.144 e. The highest BCUT2D eigenvalue weighted by Gasteiger charge is 2.08. The highest BCUT2D eigenvalue weighted by atomic mass is 32.2. The molecule has 94 valence electrons. The van der Waals surface area contributed by atoms with Crippen molar-refractivity contribution < 1.29 is 12.8 Å². The largest absolute Gasteiger partial charge is 0.382 e. The molecule has 0 saturated heterocycles. The standard InChI is InChI=1S/C11H10FN3O2S/c12-9-3-7(6-18(16)17)1-2-8(9)10-4-15-11(13)5-14-10/h1-5,18H,6H2,(H2,13,15). The van der Waals surface area contributed by atoms with Crippen molar-refractivity contribution in [1.29, 1.82) is 0 Å². The van der Waals surface area contributed by atoms with E-state index in [-0.39, 0.29) is 17.1 Å². The lowest BCUT2D eigenvalue weighted by atomic mass is 10.1. The molecule has 2 N–H and O–H groups in total. The number of benzene rings is 1. The van der Waals surface area contributed by atoms with Crippen LogP contribution in [0.2, 0.25) is 0 Å². The van der Waals surface area contributed by atoms with Gasteiger partial charge in [-0.15, -0.1) is 0 Å². The third-order valence-corrected chi connectivity index (χ3v) is 2.92. The number of hydrogen-bond donors (Lipinski definition) is 2. The molecule has 0 saturated carbocycles. The fraction of sp³-hybridized carbons (Fsp3) is 0.0909. The van der Waals surface area contributed by atoms with E-state index in [1.165, 1.54) is 24.5 Å². The van der Waals surface area contributed by atoms with Gasteiger partial charge in [-0.1, -0.05) is 6.07 Å². The van der Waals surface area contributed by atoms with Gasteiger partial charge in [0.2, 0.25) is 0 Å². The lowest BCUT2D eigenvalue weighted by molar-refractivity contribution is 0.613. The molecule has 0 amide bonds.